The van der Waals surface area contributed by atoms with Crippen molar-refractivity contribution in [2.24, 2.45) is 0 Å². The lowest BCUT2D eigenvalue weighted by atomic mass is 10.0. The monoisotopic (exact) mass is 223 g/mol. The van der Waals surface area contributed by atoms with E-state index < -0.39 is 16.1 Å². The molecule has 2 N–H and O–H groups in total. The molecule has 5 nitrogen and oxygen atoms in total. The standard InChI is InChI=1S/C8H17NO4S/c1-7-8(11)3-2-4-9(7)14(12,13)6-5-10/h7-8,10-11H,2-6H2,1H3. The lowest BCUT2D eigenvalue weighted by Crippen LogP contribution is -2.50. The number of aliphatic hydroxyl groups is 2. The molecule has 0 aromatic heterocycles. The first-order valence-corrected chi connectivity index (χ1v) is 6.38. The van der Waals surface area contributed by atoms with Gasteiger partial charge in [-0.1, -0.05) is 0 Å². The molecule has 0 aromatic rings. The topological polar surface area (TPSA) is 77.8 Å². The minimum atomic E-state index is -3.39. The maximum Gasteiger partial charge on any atom is 0.216 e. The van der Waals surface area contributed by atoms with Gasteiger partial charge >= 0.3 is 0 Å². The molecule has 84 valence electrons. The smallest absolute Gasteiger partial charge is 0.216 e. The van der Waals surface area contributed by atoms with Crippen LogP contribution in [-0.2, 0) is 10.0 Å². The molecule has 0 bridgehead atoms. The van der Waals surface area contributed by atoms with Crippen molar-refractivity contribution in [1.82, 2.24) is 4.31 Å². The fourth-order valence-electron chi connectivity index (χ4n) is 1.72. The van der Waals surface area contributed by atoms with Crippen molar-refractivity contribution in [1.29, 1.82) is 0 Å². The number of rotatable bonds is 3. The number of aliphatic hydroxyl groups excluding tert-OH is 2. The predicted molar refractivity (Wildman–Crippen MR) is 52.3 cm³/mol. The lowest BCUT2D eigenvalue weighted by Gasteiger charge is -2.35. The zero-order chi connectivity index (χ0) is 10.8. The highest BCUT2D eigenvalue weighted by Gasteiger charge is 2.33. The van der Waals surface area contributed by atoms with Gasteiger partial charge in [-0.25, -0.2) is 8.42 Å². The summed E-state index contributed by atoms with van der Waals surface area (Å²) in [4.78, 5) is 0. The lowest BCUT2D eigenvalue weighted by molar-refractivity contribution is 0.0612. The van der Waals surface area contributed by atoms with E-state index in [0.717, 1.165) is 0 Å². The SMILES string of the molecule is CC1C(O)CCCN1S(=O)(=O)CCO. The number of nitrogens with zero attached hydrogens (tertiary/aromatic N) is 1. The summed E-state index contributed by atoms with van der Waals surface area (Å²) in [6, 6.07) is -0.375. The summed E-state index contributed by atoms with van der Waals surface area (Å²) in [7, 11) is -3.39. The maximum atomic E-state index is 11.6. The molecular weight excluding hydrogens is 206 g/mol. The van der Waals surface area contributed by atoms with Gasteiger partial charge in [-0.3, -0.25) is 0 Å². The highest BCUT2D eigenvalue weighted by atomic mass is 32.2. The summed E-state index contributed by atoms with van der Waals surface area (Å²) in [5.41, 5.74) is 0. The van der Waals surface area contributed by atoms with E-state index in [1.54, 1.807) is 6.92 Å². The molecule has 2 unspecified atom stereocenters. The van der Waals surface area contributed by atoms with Crippen LogP contribution in [0.3, 0.4) is 0 Å². The van der Waals surface area contributed by atoms with E-state index in [1.807, 2.05) is 0 Å². The van der Waals surface area contributed by atoms with Crippen LogP contribution in [0.1, 0.15) is 19.8 Å². The normalized spacial score (nSPS) is 30.5. The second-order valence-corrected chi connectivity index (χ2v) is 5.64. The van der Waals surface area contributed by atoms with Crippen LogP contribution in [0.2, 0.25) is 0 Å². The zero-order valence-electron chi connectivity index (χ0n) is 8.26. The van der Waals surface area contributed by atoms with Gasteiger partial charge in [0, 0.05) is 12.6 Å². The van der Waals surface area contributed by atoms with Crippen LogP contribution in [0.15, 0.2) is 0 Å². The van der Waals surface area contributed by atoms with Crippen molar-refractivity contribution in [3.05, 3.63) is 0 Å². The summed E-state index contributed by atoms with van der Waals surface area (Å²) in [5.74, 6) is -0.260. The third-order valence-corrected chi connectivity index (χ3v) is 4.52. The average Bonchev–Trinajstić information content (AvgIpc) is 2.09. The molecule has 0 aromatic carbocycles. The second-order valence-electron chi connectivity index (χ2n) is 3.60. The Kier molecular flexibility index (Phi) is 3.88. The Morgan fingerprint density at radius 3 is 2.71 bits per heavy atom. The van der Waals surface area contributed by atoms with Crippen LogP contribution in [-0.4, -0.2) is 54.0 Å². The fourth-order valence-corrected chi connectivity index (χ4v) is 3.24. The van der Waals surface area contributed by atoms with Gasteiger partial charge in [0.2, 0.25) is 10.0 Å². The van der Waals surface area contributed by atoms with E-state index in [2.05, 4.69) is 0 Å². The van der Waals surface area contributed by atoms with Gasteiger partial charge < -0.3 is 10.2 Å². The second kappa shape index (κ2) is 4.57. The van der Waals surface area contributed by atoms with E-state index >= 15 is 0 Å². The van der Waals surface area contributed by atoms with Crippen molar-refractivity contribution >= 4 is 10.0 Å². The molecule has 0 spiro atoms. The van der Waals surface area contributed by atoms with Crippen molar-refractivity contribution < 1.29 is 18.6 Å². The molecule has 14 heavy (non-hydrogen) atoms. The minimum absolute atomic E-state index is 0.260. The fraction of sp³-hybridized carbons (Fsp3) is 1.00. The Morgan fingerprint density at radius 1 is 1.50 bits per heavy atom. The Balaban J connectivity index is 2.76. The molecule has 1 rings (SSSR count). The number of sulfonamides is 1. The summed E-state index contributed by atoms with van der Waals surface area (Å²) in [6.45, 7) is 1.76. The Hall–Kier alpha value is -0.170. The molecule has 1 aliphatic heterocycles. The van der Waals surface area contributed by atoms with Crippen LogP contribution in [0.5, 0.6) is 0 Å². The number of hydrogen-bond acceptors (Lipinski definition) is 4. The summed E-state index contributed by atoms with van der Waals surface area (Å²) in [5, 5.41) is 18.1. The molecule has 0 amide bonds. The number of piperidine rings is 1. The maximum absolute atomic E-state index is 11.6. The van der Waals surface area contributed by atoms with Crippen molar-refractivity contribution in [3.8, 4) is 0 Å². The van der Waals surface area contributed by atoms with Crippen molar-refractivity contribution in [2.75, 3.05) is 18.9 Å². The van der Waals surface area contributed by atoms with E-state index in [9.17, 15) is 13.5 Å². The first kappa shape index (κ1) is 11.9. The molecule has 0 aliphatic carbocycles. The molecule has 0 saturated carbocycles. The van der Waals surface area contributed by atoms with Gasteiger partial charge in [0.15, 0.2) is 0 Å². The first-order chi connectivity index (χ1) is 6.49. The van der Waals surface area contributed by atoms with Gasteiger partial charge in [0.25, 0.3) is 0 Å². The molecule has 0 radical (unpaired) electrons. The quantitative estimate of drug-likeness (QED) is 0.653. The van der Waals surface area contributed by atoms with Crippen LogP contribution < -0.4 is 0 Å². The molecule has 1 aliphatic rings. The summed E-state index contributed by atoms with van der Waals surface area (Å²) in [6.07, 6.45) is 0.736. The van der Waals surface area contributed by atoms with Gasteiger partial charge in [-0.2, -0.15) is 4.31 Å². The van der Waals surface area contributed by atoms with Crippen LogP contribution in [0, 0.1) is 0 Å². The van der Waals surface area contributed by atoms with E-state index in [0.29, 0.717) is 19.4 Å². The van der Waals surface area contributed by atoms with E-state index in [1.165, 1.54) is 4.31 Å². The van der Waals surface area contributed by atoms with Gasteiger partial charge in [-0.15, -0.1) is 0 Å². The van der Waals surface area contributed by atoms with Gasteiger partial charge in [0.05, 0.1) is 18.5 Å². The molecule has 1 heterocycles. The van der Waals surface area contributed by atoms with E-state index in [4.69, 9.17) is 5.11 Å². The van der Waals surface area contributed by atoms with Gasteiger partial charge in [0.1, 0.15) is 0 Å². The van der Waals surface area contributed by atoms with Crippen molar-refractivity contribution in [2.45, 2.75) is 31.9 Å². The molecular formula is C8H17NO4S. The zero-order valence-corrected chi connectivity index (χ0v) is 9.07. The Morgan fingerprint density at radius 2 is 2.14 bits per heavy atom. The molecule has 2 atom stereocenters. The number of hydrogen-bond donors (Lipinski definition) is 2. The Labute approximate surface area is 84.4 Å². The molecule has 1 saturated heterocycles. The minimum Gasteiger partial charge on any atom is -0.395 e. The molecule has 6 heteroatoms. The average molecular weight is 223 g/mol. The Bertz CT molecular complexity index is 277. The summed E-state index contributed by atoms with van der Waals surface area (Å²) < 4.78 is 24.5. The predicted octanol–water partition coefficient (Wildman–Crippen LogP) is -0.846. The summed E-state index contributed by atoms with van der Waals surface area (Å²) >= 11 is 0. The van der Waals surface area contributed by atoms with Gasteiger partial charge in [-0.05, 0) is 19.8 Å². The third kappa shape index (κ3) is 2.44. The highest BCUT2D eigenvalue weighted by molar-refractivity contribution is 7.89. The largest absolute Gasteiger partial charge is 0.395 e. The van der Waals surface area contributed by atoms with Crippen LogP contribution in [0.4, 0.5) is 0 Å². The van der Waals surface area contributed by atoms with E-state index in [-0.39, 0.29) is 18.4 Å². The highest BCUT2D eigenvalue weighted by Crippen LogP contribution is 2.20. The van der Waals surface area contributed by atoms with Crippen LogP contribution >= 0.6 is 0 Å². The molecule has 1 fully saturated rings. The third-order valence-electron chi connectivity index (χ3n) is 2.60. The van der Waals surface area contributed by atoms with Crippen molar-refractivity contribution in [3.63, 3.8) is 0 Å². The van der Waals surface area contributed by atoms with Crippen LogP contribution in [0.25, 0.3) is 0 Å². The first-order valence-electron chi connectivity index (χ1n) is 4.77.